The Morgan fingerprint density at radius 3 is 2.71 bits per heavy atom. The van der Waals surface area contributed by atoms with E-state index in [2.05, 4.69) is 23.1 Å². The van der Waals surface area contributed by atoms with E-state index in [4.69, 9.17) is 11.2 Å². The second-order valence-corrected chi connectivity index (χ2v) is 5.32. The Balaban J connectivity index is 1.69. The summed E-state index contributed by atoms with van der Waals surface area (Å²) >= 11 is 0. The standard InChI is InChI=1S/C14H24N2O/c1-3-7-16-8-4-13(5-9-16)15-14-6-10-17-12(2)11-14/h1,12-15H,4-11H2,2H3. The normalized spacial score (nSPS) is 32.2. The predicted octanol–water partition coefficient (Wildman–Crippen LogP) is 1.24. The average molecular weight is 236 g/mol. The number of nitrogens with zero attached hydrogens (tertiary/aromatic N) is 1. The van der Waals surface area contributed by atoms with E-state index in [-0.39, 0.29) is 0 Å². The number of rotatable bonds is 3. The molecular formula is C14H24N2O. The Hall–Kier alpha value is -0.560. The zero-order chi connectivity index (χ0) is 12.1. The molecule has 17 heavy (non-hydrogen) atoms. The van der Waals surface area contributed by atoms with Gasteiger partial charge in [-0.15, -0.1) is 6.42 Å². The lowest BCUT2D eigenvalue weighted by Gasteiger charge is -2.36. The molecule has 2 saturated heterocycles. The molecule has 2 aliphatic rings. The van der Waals surface area contributed by atoms with Crippen molar-refractivity contribution < 1.29 is 4.74 Å². The largest absolute Gasteiger partial charge is 0.378 e. The lowest BCUT2D eigenvalue weighted by Crippen LogP contribution is -2.48. The number of nitrogens with one attached hydrogen (secondary N) is 1. The molecule has 0 aromatic carbocycles. The van der Waals surface area contributed by atoms with Crippen molar-refractivity contribution in [3.63, 3.8) is 0 Å². The van der Waals surface area contributed by atoms with Gasteiger partial charge in [0, 0.05) is 31.8 Å². The molecule has 2 unspecified atom stereocenters. The van der Waals surface area contributed by atoms with Crippen molar-refractivity contribution in [2.24, 2.45) is 0 Å². The summed E-state index contributed by atoms with van der Waals surface area (Å²) in [5.74, 6) is 2.73. The summed E-state index contributed by atoms with van der Waals surface area (Å²) in [6.07, 6.45) is 10.5. The van der Waals surface area contributed by atoms with Crippen LogP contribution < -0.4 is 5.32 Å². The summed E-state index contributed by atoms with van der Waals surface area (Å²) < 4.78 is 5.58. The Labute approximate surface area is 105 Å². The van der Waals surface area contributed by atoms with Gasteiger partial charge in [-0.3, -0.25) is 4.90 Å². The van der Waals surface area contributed by atoms with Gasteiger partial charge in [0.05, 0.1) is 12.6 Å². The lowest BCUT2D eigenvalue weighted by molar-refractivity contribution is 0.00958. The number of likely N-dealkylation sites (tertiary alicyclic amines) is 1. The van der Waals surface area contributed by atoms with Crippen molar-refractivity contribution in [1.29, 1.82) is 0 Å². The van der Waals surface area contributed by atoms with Crippen molar-refractivity contribution >= 4 is 0 Å². The van der Waals surface area contributed by atoms with Gasteiger partial charge in [-0.2, -0.15) is 0 Å². The van der Waals surface area contributed by atoms with Crippen molar-refractivity contribution in [2.45, 2.75) is 50.8 Å². The molecule has 0 saturated carbocycles. The molecule has 0 aromatic heterocycles. The van der Waals surface area contributed by atoms with Gasteiger partial charge in [-0.25, -0.2) is 0 Å². The quantitative estimate of drug-likeness (QED) is 0.746. The maximum Gasteiger partial charge on any atom is 0.0598 e. The fourth-order valence-corrected chi connectivity index (χ4v) is 2.87. The first-order valence-corrected chi connectivity index (χ1v) is 6.81. The Kier molecular flexibility index (Phi) is 4.85. The number of hydrogen-bond acceptors (Lipinski definition) is 3. The summed E-state index contributed by atoms with van der Waals surface area (Å²) in [7, 11) is 0. The van der Waals surface area contributed by atoms with Crippen LogP contribution in [0, 0.1) is 12.3 Å². The number of terminal acetylenes is 1. The molecule has 2 rings (SSSR count). The van der Waals surface area contributed by atoms with Gasteiger partial charge < -0.3 is 10.1 Å². The van der Waals surface area contributed by atoms with Gasteiger partial charge in [-0.1, -0.05) is 5.92 Å². The minimum atomic E-state index is 0.419. The molecule has 3 heteroatoms. The molecule has 0 aromatic rings. The highest BCUT2D eigenvalue weighted by Gasteiger charge is 2.24. The highest BCUT2D eigenvalue weighted by Crippen LogP contribution is 2.17. The van der Waals surface area contributed by atoms with Crippen molar-refractivity contribution in [1.82, 2.24) is 10.2 Å². The summed E-state index contributed by atoms with van der Waals surface area (Å²) in [5.41, 5.74) is 0. The molecule has 0 bridgehead atoms. The SMILES string of the molecule is C#CCN1CCC(NC2CCOC(C)C2)CC1. The van der Waals surface area contributed by atoms with E-state index < -0.39 is 0 Å². The molecule has 1 N–H and O–H groups in total. The van der Waals surface area contributed by atoms with Gasteiger partial charge in [0.15, 0.2) is 0 Å². The first-order chi connectivity index (χ1) is 8.28. The summed E-state index contributed by atoms with van der Waals surface area (Å²) in [5, 5.41) is 3.79. The fraction of sp³-hybridized carbons (Fsp3) is 0.857. The van der Waals surface area contributed by atoms with E-state index in [1.807, 2.05) is 0 Å². The van der Waals surface area contributed by atoms with Crippen molar-refractivity contribution in [3.05, 3.63) is 0 Å². The van der Waals surface area contributed by atoms with Crippen LogP contribution in [0.15, 0.2) is 0 Å². The maximum absolute atomic E-state index is 5.58. The smallest absolute Gasteiger partial charge is 0.0598 e. The number of piperidine rings is 1. The highest BCUT2D eigenvalue weighted by atomic mass is 16.5. The Morgan fingerprint density at radius 2 is 2.06 bits per heavy atom. The van der Waals surface area contributed by atoms with Crippen LogP contribution in [0.3, 0.4) is 0 Å². The first-order valence-electron chi connectivity index (χ1n) is 6.81. The third kappa shape index (κ3) is 3.99. The zero-order valence-electron chi connectivity index (χ0n) is 10.8. The second-order valence-electron chi connectivity index (χ2n) is 5.32. The van der Waals surface area contributed by atoms with Crippen LogP contribution in [0.25, 0.3) is 0 Å². The first kappa shape index (κ1) is 12.9. The van der Waals surface area contributed by atoms with Crippen molar-refractivity contribution in [3.8, 4) is 12.3 Å². The van der Waals surface area contributed by atoms with E-state index in [1.54, 1.807) is 0 Å². The highest BCUT2D eigenvalue weighted by molar-refractivity contribution is 4.91. The molecule has 3 nitrogen and oxygen atoms in total. The molecule has 2 aliphatic heterocycles. The second kappa shape index (κ2) is 6.39. The third-order valence-corrected chi connectivity index (χ3v) is 3.86. The summed E-state index contributed by atoms with van der Waals surface area (Å²) in [6, 6.07) is 1.34. The van der Waals surface area contributed by atoms with Crippen LogP contribution in [-0.4, -0.2) is 49.3 Å². The van der Waals surface area contributed by atoms with Crippen LogP contribution in [-0.2, 0) is 4.74 Å². The van der Waals surface area contributed by atoms with Crippen molar-refractivity contribution in [2.75, 3.05) is 26.2 Å². The third-order valence-electron chi connectivity index (χ3n) is 3.86. The fourth-order valence-electron chi connectivity index (χ4n) is 2.87. The minimum absolute atomic E-state index is 0.419. The van der Waals surface area contributed by atoms with Crippen LogP contribution in [0.1, 0.15) is 32.6 Å². The Bertz CT molecular complexity index is 266. The molecule has 0 spiro atoms. The monoisotopic (exact) mass is 236 g/mol. The predicted molar refractivity (Wildman–Crippen MR) is 69.9 cm³/mol. The van der Waals surface area contributed by atoms with Gasteiger partial charge in [0.1, 0.15) is 0 Å². The van der Waals surface area contributed by atoms with Crippen LogP contribution in [0.4, 0.5) is 0 Å². The van der Waals surface area contributed by atoms with Crippen LogP contribution in [0.2, 0.25) is 0 Å². The number of ether oxygens (including phenoxy) is 1. The minimum Gasteiger partial charge on any atom is -0.378 e. The zero-order valence-corrected chi connectivity index (χ0v) is 10.8. The Morgan fingerprint density at radius 1 is 1.29 bits per heavy atom. The van der Waals surface area contributed by atoms with E-state index in [9.17, 15) is 0 Å². The van der Waals surface area contributed by atoms with Crippen LogP contribution in [0.5, 0.6) is 0 Å². The molecule has 96 valence electrons. The van der Waals surface area contributed by atoms with Gasteiger partial charge >= 0.3 is 0 Å². The molecule has 0 aliphatic carbocycles. The molecular weight excluding hydrogens is 212 g/mol. The molecule has 2 heterocycles. The van der Waals surface area contributed by atoms with Crippen LogP contribution >= 0.6 is 0 Å². The van der Waals surface area contributed by atoms with E-state index in [1.165, 1.54) is 12.8 Å². The average Bonchev–Trinajstić information content (AvgIpc) is 2.32. The van der Waals surface area contributed by atoms with E-state index in [0.29, 0.717) is 18.2 Å². The topological polar surface area (TPSA) is 24.5 Å². The summed E-state index contributed by atoms with van der Waals surface area (Å²) in [6.45, 7) is 6.17. The molecule has 2 fully saturated rings. The van der Waals surface area contributed by atoms with Gasteiger partial charge in [0.25, 0.3) is 0 Å². The van der Waals surface area contributed by atoms with Gasteiger partial charge in [-0.05, 0) is 32.6 Å². The summed E-state index contributed by atoms with van der Waals surface area (Å²) in [4.78, 5) is 2.37. The lowest BCUT2D eigenvalue weighted by atomic mass is 9.99. The molecule has 0 radical (unpaired) electrons. The van der Waals surface area contributed by atoms with Gasteiger partial charge in [0.2, 0.25) is 0 Å². The molecule has 2 atom stereocenters. The maximum atomic E-state index is 5.58. The molecule has 0 amide bonds. The number of hydrogen-bond donors (Lipinski definition) is 1. The van der Waals surface area contributed by atoms with E-state index in [0.717, 1.165) is 39.1 Å². The van der Waals surface area contributed by atoms with E-state index >= 15 is 0 Å².